The smallest absolute Gasteiger partial charge is 0.242 e. The van der Waals surface area contributed by atoms with Gasteiger partial charge in [0, 0.05) is 47.1 Å². The van der Waals surface area contributed by atoms with Gasteiger partial charge >= 0.3 is 0 Å². The normalized spacial score (nSPS) is 18.4. The van der Waals surface area contributed by atoms with Gasteiger partial charge in [0.2, 0.25) is 15.9 Å². The summed E-state index contributed by atoms with van der Waals surface area (Å²) in [6.45, 7) is 3.77. The van der Waals surface area contributed by atoms with E-state index in [4.69, 9.17) is 4.74 Å². The third-order valence-electron chi connectivity index (χ3n) is 4.88. The second-order valence-corrected chi connectivity index (χ2v) is 9.20. The third kappa shape index (κ3) is 3.99. The van der Waals surface area contributed by atoms with E-state index in [0.29, 0.717) is 38.1 Å². The Bertz CT molecular complexity index is 952. The lowest BCUT2D eigenvalue weighted by molar-refractivity contribution is -0.138. The van der Waals surface area contributed by atoms with Crippen LogP contribution in [0.2, 0.25) is 0 Å². The van der Waals surface area contributed by atoms with Crippen molar-refractivity contribution < 1.29 is 17.9 Å². The molecule has 1 saturated heterocycles. The average molecular weight is 394 g/mol. The van der Waals surface area contributed by atoms with Crippen LogP contribution in [0, 0.1) is 0 Å². The molecular formula is C18H26N4O4S. The van der Waals surface area contributed by atoms with Crippen molar-refractivity contribution in [3.05, 3.63) is 24.0 Å². The van der Waals surface area contributed by atoms with Crippen molar-refractivity contribution in [1.29, 1.82) is 0 Å². The van der Waals surface area contributed by atoms with Crippen LogP contribution >= 0.6 is 0 Å². The Morgan fingerprint density at radius 2 is 2.11 bits per heavy atom. The topological polar surface area (TPSA) is 84.7 Å². The zero-order valence-electron chi connectivity index (χ0n) is 16.2. The first-order chi connectivity index (χ1) is 12.7. The van der Waals surface area contributed by atoms with Crippen LogP contribution in [0.25, 0.3) is 11.0 Å². The molecule has 148 valence electrons. The number of benzene rings is 1. The van der Waals surface area contributed by atoms with Gasteiger partial charge in [-0.05, 0) is 25.1 Å². The summed E-state index contributed by atoms with van der Waals surface area (Å²) < 4.78 is 33.2. The van der Waals surface area contributed by atoms with Gasteiger partial charge in [-0.3, -0.25) is 4.79 Å². The van der Waals surface area contributed by atoms with E-state index in [1.165, 1.54) is 18.4 Å². The van der Waals surface area contributed by atoms with Gasteiger partial charge in [0.05, 0.1) is 28.6 Å². The van der Waals surface area contributed by atoms with Gasteiger partial charge in [0.25, 0.3) is 0 Å². The Balaban J connectivity index is 1.77. The van der Waals surface area contributed by atoms with Crippen molar-refractivity contribution in [3.63, 3.8) is 0 Å². The summed E-state index contributed by atoms with van der Waals surface area (Å²) in [6, 6.07) is 4.93. The molecule has 0 saturated carbocycles. The van der Waals surface area contributed by atoms with E-state index < -0.39 is 10.0 Å². The number of morpholine rings is 1. The summed E-state index contributed by atoms with van der Waals surface area (Å²) in [7, 11) is 1.38. The van der Waals surface area contributed by atoms with E-state index in [0.717, 1.165) is 11.3 Å². The van der Waals surface area contributed by atoms with Gasteiger partial charge < -0.3 is 14.2 Å². The van der Waals surface area contributed by atoms with E-state index in [1.54, 1.807) is 18.2 Å². The molecule has 3 rings (SSSR count). The summed E-state index contributed by atoms with van der Waals surface area (Å²) >= 11 is 0. The molecule has 1 aliphatic heterocycles. The number of amides is 1. The van der Waals surface area contributed by atoms with Crippen molar-refractivity contribution in [2.24, 2.45) is 7.05 Å². The molecule has 1 aromatic heterocycles. The van der Waals surface area contributed by atoms with Crippen LogP contribution in [0.1, 0.15) is 19.2 Å². The monoisotopic (exact) mass is 394 g/mol. The highest BCUT2D eigenvalue weighted by Gasteiger charge is 2.22. The predicted octanol–water partition coefficient (Wildman–Crippen LogP) is 1.00. The SMILES string of the molecule is C[C@@H]1CN(C(=O)CCc2nc3cc(S(=O)(=O)N(C)C)ccc3n2C)CCO1. The van der Waals surface area contributed by atoms with E-state index in [9.17, 15) is 13.2 Å². The molecule has 1 amide bonds. The molecule has 1 aliphatic rings. The first-order valence-corrected chi connectivity index (χ1v) is 10.4. The maximum Gasteiger partial charge on any atom is 0.242 e. The lowest BCUT2D eigenvalue weighted by atomic mass is 10.2. The van der Waals surface area contributed by atoms with Gasteiger partial charge in [-0.2, -0.15) is 0 Å². The first kappa shape index (κ1) is 19.8. The Hall–Kier alpha value is -1.97. The highest BCUT2D eigenvalue weighted by molar-refractivity contribution is 7.89. The molecular weight excluding hydrogens is 368 g/mol. The van der Waals surface area contributed by atoms with Crippen LogP contribution in [0.4, 0.5) is 0 Å². The second kappa shape index (κ2) is 7.57. The maximum atomic E-state index is 12.5. The number of rotatable bonds is 5. The van der Waals surface area contributed by atoms with Crippen molar-refractivity contribution in [2.45, 2.75) is 30.8 Å². The molecule has 27 heavy (non-hydrogen) atoms. The summed E-state index contributed by atoms with van der Waals surface area (Å²) in [5, 5.41) is 0. The lowest BCUT2D eigenvalue weighted by Crippen LogP contribution is -2.44. The van der Waals surface area contributed by atoms with E-state index in [-0.39, 0.29) is 16.9 Å². The molecule has 1 atom stereocenters. The fourth-order valence-electron chi connectivity index (χ4n) is 3.25. The summed E-state index contributed by atoms with van der Waals surface area (Å²) in [6.07, 6.45) is 0.939. The highest BCUT2D eigenvalue weighted by atomic mass is 32.2. The fourth-order valence-corrected chi connectivity index (χ4v) is 4.17. The highest BCUT2D eigenvalue weighted by Crippen LogP contribution is 2.22. The second-order valence-electron chi connectivity index (χ2n) is 7.05. The number of nitrogens with zero attached hydrogens (tertiary/aromatic N) is 4. The van der Waals surface area contributed by atoms with Gasteiger partial charge in [0.15, 0.2) is 0 Å². The van der Waals surface area contributed by atoms with Crippen LogP contribution in [-0.2, 0) is 33.0 Å². The molecule has 1 fully saturated rings. The van der Waals surface area contributed by atoms with Crippen LogP contribution in [0.15, 0.2) is 23.1 Å². The fraction of sp³-hybridized carbons (Fsp3) is 0.556. The zero-order valence-corrected chi connectivity index (χ0v) is 17.0. The van der Waals surface area contributed by atoms with Crippen molar-refractivity contribution in [3.8, 4) is 0 Å². The standard InChI is InChI=1S/C18H26N4O4S/c1-13-12-22(9-10-26-13)18(23)8-7-17-19-15-11-14(27(24,25)20(2)3)5-6-16(15)21(17)4/h5-6,11,13H,7-10,12H2,1-4H3/t13-/m1/s1. The van der Waals surface area contributed by atoms with Crippen LogP contribution < -0.4 is 0 Å². The molecule has 0 bridgehead atoms. The molecule has 1 aromatic carbocycles. The minimum absolute atomic E-state index is 0.0653. The van der Waals surface area contributed by atoms with Crippen molar-refractivity contribution in [2.75, 3.05) is 33.8 Å². The number of carbonyl (C=O) groups is 1. The Labute approximate surface area is 159 Å². The number of fused-ring (bicyclic) bond motifs is 1. The number of imidazole rings is 1. The number of hydrogen-bond donors (Lipinski definition) is 0. The Kier molecular flexibility index (Phi) is 5.55. The quantitative estimate of drug-likeness (QED) is 0.755. The molecule has 0 spiro atoms. The molecule has 0 aliphatic carbocycles. The van der Waals surface area contributed by atoms with E-state index >= 15 is 0 Å². The van der Waals surface area contributed by atoms with Crippen molar-refractivity contribution >= 4 is 27.0 Å². The van der Waals surface area contributed by atoms with Gasteiger partial charge in [0.1, 0.15) is 5.82 Å². The average Bonchev–Trinajstić information content (AvgIpc) is 2.95. The number of hydrogen-bond acceptors (Lipinski definition) is 5. The Morgan fingerprint density at radius 3 is 2.78 bits per heavy atom. The summed E-state index contributed by atoms with van der Waals surface area (Å²) in [4.78, 5) is 19.1. The predicted molar refractivity (Wildman–Crippen MR) is 102 cm³/mol. The molecule has 9 heteroatoms. The number of aromatic nitrogens is 2. The summed E-state index contributed by atoms with van der Waals surface area (Å²) in [5.74, 6) is 0.854. The molecule has 0 unspecified atom stereocenters. The largest absolute Gasteiger partial charge is 0.375 e. The summed E-state index contributed by atoms with van der Waals surface area (Å²) in [5.41, 5.74) is 1.46. The number of sulfonamides is 1. The molecule has 2 heterocycles. The minimum Gasteiger partial charge on any atom is -0.375 e. The van der Waals surface area contributed by atoms with E-state index in [2.05, 4.69) is 4.98 Å². The van der Waals surface area contributed by atoms with Crippen LogP contribution in [-0.4, -0.2) is 73.0 Å². The van der Waals surface area contributed by atoms with Gasteiger partial charge in [-0.25, -0.2) is 17.7 Å². The number of aryl methyl sites for hydroxylation is 2. The van der Waals surface area contributed by atoms with Crippen LogP contribution in [0.5, 0.6) is 0 Å². The van der Waals surface area contributed by atoms with Gasteiger partial charge in [-0.1, -0.05) is 0 Å². The minimum atomic E-state index is -3.51. The molecule has 0 radical (unpaired) electrons. The molecule has 8 nitrogen and oxygen atoms in total. The maximum absolute atomic E-state index is 12.5. The number of ether oxygens (including phenoxy) is 1. The van der Waals surface area contributed by atoms with Crippen molar-refractivity contribution in [1.82, 2.24) is 18.8 Å². The Morgan fingerprint density at radius 1 is 1.37 bits per heavy atom. The third-order valence-corrected chi connectivity index (χ3v) is 6.69. The lowest BCUT2D eigenvalue weighted by Gasteiger charge is -2.31. The van der Waals surface area contributed by atoms with Gasteiger partial charge in [-0.15, -0.1) is 0 Å². The zero-order chi connectivity index (χ0) is 19.8. The van der Waals surface area contributed by atoms with E-state index in [1.807, 2.05) is 23.4 Å². The molecule has 2 aromatic rings. The first-order valence-electron chi connectivity index (χ1n) is 8.97. The van der Waals surface area contributed by atoms with Crippen LogP contribution in [0.3, 0.4) is 0 Å². The number of carbonyl (C=O) groups excluding carboxylic acids is 1. The molecule has 0 N–H and O–H groups in total.